The lowest BCUT2D eigenvalue weighted by Gasteiger charge is -2.12. The molecule has 0 saturated carbocycles. The molecule has 1 aromatic rings. The molecule has 2 heterocycles. The third-order valence-corrected chi connectivity index (χ3v) is 4.73. The fraction of sp³-hybridized carbons (Fsp3) is 0.556. The van der Waals surface area contributed by atoms with E-state index < -0.39 is 17.4 Å². The van der Waals surface area contributed by atoms with Gasteiger partial charge in [0.05, 0.1) is 27.8 Å². The van der Waals surface area contributed by atoms with Gasteiger partial charge in [0.25, 0.3) is 5.56 Å². The van der Waals surface area contributed by atoms with Gasteiger partial charge in [-0.15, -0.1) is 11.8 Å². The van der Waals surface area contributed by atoms with E-state index in [-0.39, 0.29) is 21.7 Å². The number of thioether (sulfide) groups is 1. The van der Waals surface area contributed by atoms with Gasteiger partial charge in [-0.2, -0.15) is 0 Å². The van der Waals surface area contributed by atoms with Gasteiger partial charge in [-0.05, 0) is 15.9 Å². The first-order chi connectivity index (χ1) is 8.02. The number of halogens is 1. The van der Waals surface area contributed by atoms with Crippen LogP contribution in [0.4, 0.5) is 0 Å². The van der Waals surface area contributed by atoms with Crippen LogP contribution in [0.5, 0.6) is 0 Å². The highest BCUT2D eigenvalue weighted by molar-refractivity contribution is 9.10. The molecular formula is C9H11BrN2O4S. The first-order valence-corrected chi connectivity index (χ1v) is 6.72. The van der Waals surface area contributed by atoms with E-state index in [4.69, 9.17) is 5.11 Å². The quantitative estimate of drug-likeness (QED) is 0.693. The summed E-state index contributed by atoms with van der Waals surface area (Å²) in [5, 5.41) is 18.1. The molecule has 1 fully saturated rings. The number of hydrogen-bond donors (Lipinski definition) is 3. The van der Waals surface area contributed by atoms with Crippen LogP contribution in [0.15, 0.2) is 20.3 Å². The Hall–Kier alpha value is -0.570. The zero-order chi connectivity index (χ0) is 12.6. The van der Waals surface area contributed by atoms with Crippen LogP contribution in [0.2, 0.25) is 0 Å². The van der Waals surface area contributed by atoms with Gasteiger partial charge in [0.2, 0.25) is 0 Å². The van der Waals surface area contributed by atoms with Crippen molar-refractivity contribution in [2.45, 2.75) is 23.1 Å². The third-order valence-electron chi connectivity index (χ3n) is 2.62. The summed E-state index contributed by atoms with van der Waals surface area (Å²) in [5.41, 5.74) is -0.991. The Kier molecular flexibility index (Phi) is 3.76. The lowest BCUT2D eigenvalue weighted by atomic mass is 10.2. The molecule has 2 rings (SSSR count). The molecule has 0 bridgehead atoms. The second kappa shape index (κ2) is 4.97. The summed E-state index contributed by atoms with van der Waals surface area (Å²) in [7, 11) is 0. The summed E-state index contributed by atoms with van der Waals surface area (Å²) in [6, 6.07) is 0. The number of aromatic nitrogens is 2. The lowest BCUT2D eigenvalue weighted by Crippen LogP contribution is -2.31. The monoisotopic (exact) mass is 320 g/mol. The molecular weight excluding hydrogens is 309 g/mol. The Morgan fingerprint density at radius 3 is 2.88 bits per heavy atom. The van der Waals surface area contributed by atoms with Crippen molar-refractivity contribution in [1.29, 1.82) is 0 Å². The van der Waals surface area contributed by atoms with Crippen molar-refractivity contribution in [3.05, 3.63) is 31.5 Å². The molecule has 1 aromatic heterocycles. The summed E-state index contributed by atoms with van der Waals surface area (Å²) < 4.78 is 1.62. The maximum atomic E-state index is 11.6. The van der Waals surface area contributed by atoms with Gasteiger partial charge in [-0.25, -0.2) is 4.79 Å². The number of nitrogens with one attached hydrogen (secondary N) is 1. The van der Waals surface area contributed by atoms with E-state index in [9.17, 15) is 14.7 Å². The van der Waals surface area contributed by atoms with Gasteiger partial charge >= 0.3 is 5.69 Å². The molecule has 94 valence electrons. The van der Waals surface area contributed by atoms with Crippen LogP contribution in [0.1, 0.15) is 11.8 Å². The van der Waals surface area contributed by atoms with Gasteiger partial charge in [0.1, 0.15) is 0 Å². The average Bonchev–Trinajstić information content (AvgIpc) is 2.65. The first kappa shape index (κ1) is 12.9. The van der Waals surface area contributed by atoms with Crippen molar-refractivity contribution >= 4 is 27.7 Å². The summed E-state index contributed by atoms with van der Waals surface area (Å²) >= 11 is 4.37. The summed E-state index contributed by atoms with van der Waals surface area (Å²) in [4.78, 5) is 25.0. The van der Waals surface area contributed by atoms with Crippen molar-refractivity contribution < 1.29 is 10.2 Å². The Balaban J connectivity index is 2.34. The Bertz CT molecular complexity index is 528. The van der Waals surface area contributed by atoms with Crippen LogP contribution in [0.3, 0.4) is 0 Å². The Morgan fingerprint density at radius 2 is 2.29 bits per heavy atom. The predicted octanol–water partition coefficient (Wildman–Crippen LogP) is -0.344. The van der Waals surface area contributed by atoms with E-state index in [1.165, 1.54) is 22.5 Å². The van der Waals surface area contributed by atoms with Gasteiger partial charge in [0.15, 0.2) is 0 Å². The topological polar surface area (TPSA) is 95.3 Å². The predicted molar refractivity (Wildman–Crippen MR) is 67.1 cm³/mol. The molecule has 8 heteroatoms. The number of rotatable bonds is 2. The minimum Gasteiger partial charge on any atom is -0.395 e. The number of hydrogen-bond acceptors (Lipinski definition) is 5. The highest BCUT2D eigenvalue weighted by atomic mass is 76.9. The van der Waals surface area contributed by atoms with Crippen molar-refractivity contribution in [3.63, 3.8) is 0 Å². The number of H-pyrrole nitrogens is 1. The fourth-order valence-electron chi connectivity index (χ4n) is 1.72. The summed E-state index contributed by atoms with van der Waals surface area (Å²) in [6.07, 6.45) is 1.13. The van der Waals surface area contributed by atoms with E-state index >= 15 is 0 Å². The number of nitrogens with zero attached hydrogens (tertiary/aromatic N) is 1. The van der Waals surface area contributed by atoms with E-state index in [0.29, 0.717) is 6.42 Å². The second-order valence-corrected chi connectivity index (χ2v) is 6.03. The summed E-state index contributed by atoms with van der Waals surface area (Å²) in [5.74, 6) is 0. The number of aromatic amines is 1. The maximum Gasteiger partial charge on any atom is 0.329 e. The molecule has 17 heavy (non-hydrogen) atoms. The van der Waals surface area contributed by atoms with Crippen LogP contribution in [0, 0.1) is 0 Å². The number of aliphatic hydroxyl groups is 2. The van der Waals surface area contributed by atoms with Crippen molar-refractivity contribution in [1.82, 2.24) is 9.55 Å². The van der Waals surface area contributed by atoms with E-state index in [1.807, 2.05) is 0 Å². The molecule has 6 nitrogen and oxygen atoms in total. The van der Waals surface area contributed by atoms with Gasteiger partial charge in [-0.3, -0.25) is 14.3 Å². The van der Waals surface area contributed by atoms with Gasteiger partial charge in [0, 0.05) is 12.6 Å². The molecule has 1 aliphatic heterocycles. The molecule has 0 amide bonds. The zero-order valence-electron chi connectivity index (χ0n) is 8.67. The molecule has 1 saturated heterocycles. The molecule has 0 aromatic carbocycles. The molecule has 3 N–H and O–H groups in total. The minimum atomic E-state index is -0.646. The second-order valence-electron chi connectivity index (χ2n) is 3.76. The van der Waals surface area contributed by atoms with Crippen LogP contribution in [0.25, 0.3) is 0 Å². The zero-order valence-corrected chi connectivity index (χ0v) is 11.1. The summed E-state index contributed by atoms with van der Waals surface area (Å²) in [6.45, 7) is -0.137. The first-order valence-electron chi connectivity index (χ1n) is 4.98. The molecule has 0 aliphatic carbocycles. The minimum absolute atomic E-state index is 0.137. The van der Waals surface area contributed by atoms with Crippen molar-refractivity contribution in [3.8, 4) is 0 Å². The SMILES string of the molecule is O=c1[nH]c(=O)n([C@H]2C[C@H](O)[C@@H](CO)S2)cc1[77Br]. The highest BCUT2D eigenvalue weighted by Crippen LogP contribution is 2.40. The Morgan fingerprint density at radius 1 is 1.59 bits per heavy atom. The average molecular weight is 320 g/mol. The standard InChI is InChI=1S/C9H11BrN2O4S/c10-4-2-12(9(16)11-8(4)15)7-1-5(14)6(3-13)17-7/h2,5-7,13-14H,1,3H2,(H,11,15,16)/t5-,6+,7+/m0/s1/i10-3. The van der Waals surface area contributed by atoms with Crippen LogP contribution < -0.4 is 11.2 Å². The Labute approximate surface area is 109 Å². The fourth-order valence-corrected chi connectivity index (χ4v) is 3.42. The van der Waals surface area contributed by atoms with Gasteiger partial charge < -0.3 is 10.2 Å². The normalized spacial score (nSPS) is 28.5. The van der Waals surface area contributed by atoms with E-state index in [2.05, 4.69) is 20.9 Å². The molecule has 3 atom stereocenters. The molecule has 0 spiro atoms. The lowest BCUT2D eigenvalue weighted by molar-refractivity contribution is 0.137. The van der Waals surface area contributed by atoms with E-state index in [0.717, 1.165) is 0 Å². The third kappa shape index (κ3) is 2.49. The number of aliphatic hydroxyl groups excluding tert-OH is 2. The van der Waals surface area contributed by atoms with Crippen LogP contribution in [-0.2, 0) is 0 Å². The van der Waals surface area contributed by atoms with Crippen molar-refractivity contribution in [2.24, 2.45) is 0 Å². The molecule has 0 unspecified atom stereocenters. The van der Waals surface area contributed by atoms with Crippen LogP contribution in [-0.4, -0.2) is 37.7 Å². The van der Waals surface area contributed by atoms with E-state index in [1.54, 1.807) is 0 Å². The molecule has 0 radical (unpaired) electrons. The van der Waals surface area contributed by atoms with Crippen LogP contribution >= 0.6 is 27.7 Å². The van der Waals surface area contributed by atoms with Crippen molar-refractivity contribution in [2.75, 3.05) is 6.61 Å². The largest absolute Gasteiger partial charge is 0.395 e. The smallest absolute Gasteiger partial charge is 0.329 e. The maximum absolute atomic E-state index is 11.6. The molecule has 1 aliphatic rings. The highest BCUT2D eigenvalue weighted by Gasteiger charge is 2.34. The van der Waals surface area contributed by atoms with Gasteiger partial charge in [-0.1, -0.05) is 0 Å².